The van der Waals surface area contributed by atoms with Crippen LogP contribution in [0.5, 0.6) is 0 Å². The quantitative estimate of drug-likeness (QED) is 0.891. The van der Waals surface area contributed by atoms with Gasteiger partial charge in [-0.05, 0) is 38.0 Å². The first-order chi connectivity index (χ1) is 9.95. The number of nitrogens with zero attached hydrogens (tertiary/aromatic N) is 1. The Labute approximate surface area is 129 Å². The Morgan fingerprint density at radius 3 is 2.86 bits per heavy atom. The fraction of sp³-hybridized carbons (Fsp3) is 0.467. The summed E-state index contributed by atoms with van der Waals surface area (Å²) in [6.07, 6.45) is 1.67. The first kappa shape index (κ1) is 15.8. The Kier molecular flexibility index (Phi) is 5.20. The van der Waals surface area contributed by atoms with Gasteiger partial charge in [0.2, 0.25) is 11.8 Å². The summed E-state index contributed by atoms with van der Waals surface area (Å²) in [5.74, 6) is -0.573. The van der Waals surface area contributed by atoms with Gasteiger partial charge in [0.1, 0.15) is 0 Å². The van der Waals surface area contributed by atoms with Crippen molar-refractivity contribution in [1.29, 1.82) is 0 Å². The van der Waals surface area contributed by atoms with Crippen molar-refractivity contribution >= 4 is 29.1 Å². The fourth-order valence-corrected chi connectivity index (χ4v) is 2.77. The lowest BCUT2D eigenvalue weighted by atomic mass is 9.93. The van der Waals surface area contributed by atoms with Gasteiger partial charge in [0.05, 0.1) is 12.5 Å². The number of hydrogen-bond donors (Lipinski definition) is 2. The van der Waals surface area contributed by atoms with Crippen molar-refractivity contribution in [3.05, 3.63) is 29.3 Å². The number of likely N-dealkylation sites (tertiary alicyclic amines) is 1. The summed E-state index contributed by atoms with van der Waals surface area (Å²) >= 11 is 5.88. The molecule has 114 valence electrons. The number of hydrogen-bond acceptors (Lipinski definition) is 3. The number of carbonyl (C=O) groups is 2. The summed E-state index contributed by atoms with van der Waals surface area (Å²) in [4.78, 5) is 25.4. The van der Waals surface area contributed by atoms with Crippen LogP contribution in [0.4, 0.5) is 5.69 Å². The Hall–Kier alpha value is -1.59. The van der Waals surface area contributed by atoms with Gasteiger partial charge in [-0.1, -0.05) is 17.7 Å². The summed E-state index contributed by atoms with van der Waals surface area (Å²) in [6, 6.07) is 7.29. The molecule has 0 radical (unpaired) electrons. The van der Waals surface area contributed by atoms with Gasteiger partial charge >= 0.3 is 0 Å². The van der Waals surface area contributed by atoms with Crippen LogP contribution in [0, 0.1) is 5.92 Å². The van der Waals surface area contributed by atoms with Crippen LogP contribution in [-0.2, 0) is 9.59 Å². The maximum Gasteiger partial charge on any atom is 0.238 e. The minimum atomic E-state index is -0.290. The fourth-order valence-electron chi connectivity index (χ4n) is 2.58. The van der Waals surface area contributed by atoms with E-state index in [0.717, 1.165) is 12.8 Å². The standard InChI is InChI=1S/C15H20ClN3O2/c1-10-5-6-11(15(17)21)8-19(10)9-14(20)18-13-4-2-3-12(16)7-13/h2-4,7,10-11H,5-6,8-9H2,1H3,(H2,17,21)(H,18,20). The van der Waals surface area contributed by atoms with E-state index in [0.29, 0.717) is 17.3 Å². The summed E-state index contributed by atoms with van der Waals surface area (Å²) in [6.45, 7) is 2.85. The highest BCUT2D eigenvalue weighted by molar-refractivity contribution is 6.30. The number of rotatable bonds is 4. The van der Waals surface area contributed by atoms with Crippen LogP contribution in [0.2, 0.25) is 5.02 Å². The number of nitrogens with one attached hydrogen (secondary N) is 1. The summed E-state index contributed by atoms with van der Waals surface area (Å²) in [5, 5.41) is 3.39. The summed E-state index contributed by atoms with van der Waals surface area (Å²) < 4.78 is 0. The second-order valence-electron chi connectivity index (χ2n) is 5.51. The molecule has 1 fully saturated rings. The zero-order chi connectivity index (χ0) is 15.4. The highest BCUT2D eigenvalue weighted by Gasteiger charge is 2.29. The Morgan fingerprint density at radius 2 is 2.19 bits per heavy atom. The van der Waals surface area contributed by atoms with Gasteiger partial charge in [-0.2, -0.15) is 0 Å². The van der Waals surface area contributed by atoms with E-state index in [9.17, 15) is 9.59 Å². The van der Waals surface area contributed by atoms with E-state index in [-0.39, 0.29) is 30.3 Å². The number of benzene rings is 1. The van der Waals surface area contributed by atoms with Crippen LogP contribution in [0.25, 0.3) is 0 Å². The average molecular weight is 310 g/mol. The molecule has 2 unspecified atom stereocenters. The summed E-state index contributed by atoms with van der Waals surface area (Å²) in [5.41, 5.74) is 6.04. The lowest BCUT2D eigenvalue weighted by molar-refractivity contribution is -0.126. The normalized spacial score (nSPS) is 22.8. The van der Waals surface area contributed by atoms with E-state index in [1.165, 1.54) is 0 Å². The van der Waals surface area contributed by atoms with Crippen molar-refractivity contribution < 1.29 is 9.59 Å². The van der Waals surface area contributed by atoms with Crippen molar-refractivity contribution in [3.63, 3.8) is 0 Å². The molecule has 2 atom stereocenters. The molecule has 3 N–H and O–H groups in total. The Balaban J connectivity index is 1.93. The molecule has 1 aliphatic rings. The first-order valence-corrected chi connectivity index (χ1v) is 7.42. The second-order valence-corrected chi connectivity index (χ2v) is 5.95. The van der Waals surface area contributed by atoms with Crippen LogP contribution in [0.15, 0.2) is 24.3 Å². The predicted octanol–water partition coefficient (Wildman–Crippen LogP) is 1.86. The monoisotopic (exact) mass is 309 g/mol. The number of amides is 2. The number of anilines is 1. The zero-order valence-corrected chi connectivity index (χ0v) is 12.8. The van der Waals surface area contributed by atoms with E-state index >= 15 is 0 Å². The maximum atomic E-state index is 12.1. The van der Waals surface area contributed by atoms with Crippen molar-refractivity contribution in [1.82, 2.24) is 4.90 Å². The van der Waals surface area contributed by atoms with Crippen LogP contribution in [-0.4, -0.2) is 35.8 Å². The number of primary amides is 1. The second kappa shape index (κ2) is 6.91. The predicted molar refractivity (Wildman–Crippen MR) is 83.0 cm³/mol. The molecule has 1 heterocycles. The Morgan fingerprint density at radius 1 is 1.43 bits per heavy atom. The van der Waals surface area contributed by atoms with E-state index in [1.807, 2.05) is 4.90 Å². The largest absolute Gasteiger partial charge is 0.369 e. The van der Waals surface area contributed by atoms with Gasteiger partial charge in [-0.25, -0.2) is 0 Å². The molecule has 0 aromatic heterocycles. The third-order valence-corrected chi connectivity index (χ3v) is 4.10. The smallest absolute Gasteiger partial charge is 0.238 e. The molecule has 21 heavy (non-hydrogen) atoms. The van der Waals surface area contributed by atoms with Crippen molar-refractivity contribution in [2.75, 3.05) is 18.4 Å². The molecule has 0 aliphatic carbocycles. The highest BCUT2D eigenvalue weighted by Crippen LogP contribution is 2.21. The molecular weight excluding hydrogens is 290 g/mol. The lowest BCUT2D eigenvalue weighted by Crippen LogP contribution is -2.48. The Bertz CT molecular complexity index is 535. The van der Waals surface area contributed by atoms with Gasteiger partial charge in [-0.15, -0.1) is 0 Å². The van der Waals surface area contributed by atoms with Crippen LogP contribution in [0.3, 0.4) is 0 Å². The molecule has 2 rings (SSSR count). The number of nitrogens with two attached hydrogens (primary N) is 1. The molecule has 0 bridgehead atoms. The van der Waals surface area contributed by atoms with E-state index in [1.54, 1.807) is 24.3 Å². The van der Waals surface area contributed by atoms with Gasteiger partial charge in [0.15, 0.2) is 0 Å². The van der Waals surface area contributed by atoms with E-state index in [4.69, 9.17) is 17.3 Å². The number of piperidine rings is 1. The van der Waals surface area contributed by atoms with Crippen molar-refractivity contribution in [3.8, 4) is 0 Å². The van der Waals surface area contributed by atoms with Crippen LogP contribution in [0.1, 0.15) is 19.8 Å². The number of carbonyl (C=O) groups excluding carboxylic acids is 2. The third-order valence-electron chi connectivity index (χ3n) is 3.87. The van der Waals surface area contributed by atoms with Crippen LogP contribution < -0.4 is 11.1 Å². The molecule has 6 heteroatoms. The molecule has 1 saturated heterocycles. The van der Waals surface area contributed by atoms with Crippen molar-refractivity contribution in [2.24, 2.45) is 11.7 Å². The summed E-state index contributed by atoms with van der Waals surface area (Å²) in [7, 11) is 0. The molecule has 0 saturated carbocycles. The van der Waals surface area contributed by atoms with E-state index < -0.39 is 0 Å². The topological polar surface area (TPSA) is 75.4 Å². The van der Waals surface area contributed by atoms with Gasteiger partial charge in [0, 0.05) is 23.3 Å². The average Bonchev–Trinajstić information content (AvgIpc) is 2.41. The maximum absolute atomic E-state index is 12.1. The minimum Gasteiger partial charge on any atom is -0.369 e. The number of halogens is 1. The highest BCUT2D eigenvalue weighted by atomic mass is 35.5. The molecular formula is C15H20ClN3O2. The first-order valence-electron chi connectivity index (χ1n) is 7.04. The molecule has 5 nitrogen and oxygen atoms in total. The van der Waals surface area contributed by atoms with Gasteiger partial charge < -0.3 is 11.1 Å². The minimum absolute atomic E-state index is 0.116. The van der Waals surface area contributed by atoms with Gasteiger partial charge in [-0.3, -0.25) is 14.5 Å². The SMILES string of the molecule is CC1CCC(C(N)=O)CN1CC(=O)Nc1cccc(Cl)c1. The van der Waals surface area contributed by atoms with Crippen molar-refractivity contribution in [2.45, 2.75) is 25.8 Å². The van der Waals surface area contributed by atoms with E-state index in [2.05, 4.69) is 12.2 Å². The molecule has 0 spiro atoms. The molecule has 1 aromatic carbocycles. The van der Waals surface area contributed by atoms with Gasteiger partial charge in [0.25, 0.3) is 0 Å². The molecule has 1 aliphatic heterocycles. The van der Waals surface area contributed by atoms with Crippen LogP contribution >= 0.6 is 11.6 Å². The third kappa shape index (κ3) is 4.44. The molecule has 1 aromatic rings. The lowest BCUT2D eigenvalue weighted by Gasteiger charge is -2.36. The zero-order valence-electron chi connectivity index (χ0n) is 12.0. The molecule has 2 amide bonds.